The number of aromatic nitrogens is 2. The Labute approximate surface area is 105 Å². The molecule has 0 fully saturated rings. The maximum absolute atomic E-state index is 4.47. The van der Waals surface area contributed by atoms with Crippen molar-refractivity contribution in [3.63, 3.8) is 0 Å². The zero-order chi connectivity index (χ0) is 11.9. The molecule has 0 saturated carbocycles. The van der Waals surface area contributed by atoms with Crippen LogP contribution in [0.25, 0.3) is 22.5 Å². The van der Waals surface area contributed by atoms with Crippen molar-refractivity contribution in [2.45, 2.75) is 6.42 Å². The van der Waals surface area contributed by atoms with Crippen molar-refractivity contribution in [2.75, 3.05) is 0 Å². The fourth-order valence-electron chi connectivity index (χ4n) is 2.63. The molecule has 1 heterocycles. The Kier molecular flexibility index (Phi) is 1.92. The molecule has 4 rings (SSSR count). The Morgan fingerprint density at radius 2 is 1.94 bits per heavy atom. The summed E-state index contributed by atoms with van der Waals surface area (Å²) >= 11 is 0. The highest BCUT2D eigenvalue weighted by Gasteiger charge is 2.24. The third-order valence-corrected chi connectivity index (χ3v) is 3.49. The van der Waals surface area contributed by atoms with Crippen LogP contribution in [0.2, 0.25) is 0 Å². The van der Waals surface area contributed by atoms with E-state index in [1.807, 2.05) is 18.2 Å². The number of hydrogen-bond donors (Lipinski definition) is 1. The number of nitrogens with one attached hydrogen (secondary N) is 1. The van der Waals surface area contributed by atoms with Crippen molar-refractivity contribution in [1.29, 1.82) is 0 Å². The highest BCUT2D eigenvalue weighted by molar-refractivity contribution is 5.80. The first-order chi connectivity index (χ1) is 8.93. The lowest BCUT2D eigenvalue weighted by molar-refractivity contribution is 1.09. The first-order valence-corrected chi connectivity index (χ1v) is 6.06. The summed E-state index contributed by atoms with van der Waals surface area (Å²) < 4.78 is 0. The second-order valence-electron chi connectivity index (χ2n) is 4.54. The topological polar surface area (TPSA) is 28.7 Å². The molecule has 2 aromatic carbocycles. The van der Waals surface area contributed by atoms with E-state index in [9.17, 15) is 0 Å². The quantitative estimate of drug-likeness (QED) is 0.534. The molecule has 0 saturated heterocycles. The summed E-state index contributed by atoms with van der Waals surface area (Å²) in [5, 5.41) is 7.62. The van der Waals surface area contributed by atoms with Crippen LogP contribution in [0.5, 0.6) is 0 Å². The fraction of sp³-hybridized carbons (Fsp3) is 0.0625. The van der Waals surface area contributed by atoms with Gasteiger partial charge in [-0.25, -0.2) is 0 Å². The molecule has 2 heteroatoms. The molecule has 18 heavy (non-hydrogen) atoms. The first kappa shape index (κ1) is 9.66. The zero-order valence-corrected chi connectivity index (χ0v) is 9.77. The number of fused-ring (bicyclic) bond motifs is 3. The van der Waals surface area contributed by atoms with Gasteiger partial charge < -0.3 is 0 Å². The van der Waals surface area contributed by atoms with Crippen LogP contribution in [-0.4, -0.2) is 10.2 Å². The maximum Gasteiger partial charge on any atom is 0.0965 e. The average molecular weight is 231 g/mol. The number of benzene rings is 2. The molecule has 85 valence electrons. The van der Waals surface area contributed by atoms with Gasteiger partial charge in [-0.15, -0.1) is 0 Å². The van der Waals surface area contributed by atoms with E-state index in [-0.39, 0.29) is 0 Å². The number of H-pyrrole nitrogens is 1. The second kappa shape index (κ2) is 3.57. The van der Waals surface area contributed by atoms with Crippen LogP contribution in [0.4, 0.5) is 0 Å². The van der Waals surface area contributed by atoms with Gasteiger partial charge in [0, 0.05) is 23.1 Å². The summed E-state index contributed by atoms with van der Waals surface area (Å²) in [6, 6.07) is 19.7. The van der Waals surface area contributed by atoms with Gasteiger partial charge >= 0.3 is 0 Å². The molecule has 0 aliphatic heterocycles. The SMILES string of the molecule is [c]1ccccc1-c1[nH]nc2c1Cc1ccccc1-2. The molecule has 1 aliphatic carbocycles. The van der Waals surface area contributed by atoms with Crippen molar-refractivity contribution in [3.05, 3.63) is 65.7 Å². The lowest BCUT2D eigenvalue weighted by Gasteiger charge is -2.00. The normalized spacial score (nSPS) is 12.2. The van der Waals surface area contributed by atoms with Crippen LogP contribution in [0.1, 0.15) is 11.1 Å². The fourth-order valence-corrected chi connectivity index (χ4v) is 2.63. The van der Waals surface area contributed by atoms with Crippen LogP contribution >= 0.6 is 0 Å². The molecule has 0 spiro atoms. The minimum absolute atomic E-state index is 0.958. The molecular weight excluding hydrogens is 220 g/mol. The van der Waals surface area contributed by atoms with Crippen LogP contribution < -0.4 is 0 Å². The molecule has 1 aromatic heterocycles. The highest BCUT2D eigenvalue weighted by atomic mass is 15.1. The summed E-state index contributed by atoms with van der Waals surface area (Å²) in [5.41, 5.74) is 7.18. The van der Waals surface area contributed by atoms with Gasteiger partial charge in [0.05, 0.1) is 11.4 Å². The minimum atomic E-state index is 0.958. The lowest BCUT2D eigenvalue weighted by Crippen LogP contribution is -1.86. The minimum Gasteiger partial charge on any atom is -0.277 e. The predicted molar refractivity (Wildman–Crippen MR) is 71.1 cm³/mol. The smallest absolute Gasteiger partial charge is 0.0965 e. The number of rotatable bonds is 1. The highest BCUT2D eigenvalue weighted by Crippen LogP contribution is 2.39. The van der Waals surface area contributed by atoms with Crippen molar-refractivity contribution in [1.82, 2.24) is 10.2 Å². The Hall–Kier alpha value is -2.35. The van der Waals surface area contributed by atoms with Crippen molar-refractivity contribution in [2.24, 2.45) is 0 Å². The standard InChI is InChI=1S/C16H11N2/c1-2-6-11(7-3-1)15-14-10-12-8-4-5-9-13(12)16(14)18-17-15/h1-6,8-9H,10H2,(H,17,18). The Bertz CT molecular complexity index is 711. The molecular formula is C16H11N2. The monoisotopic (exact) mass is 231 g/mol. The van der Waals surface area contributed by atoms with Gasteiger partial charge in [-0.2, -0.15) is 5.10 Å². The molecule has 3 aromatic rings. The zero-order valence-electron chi connectivity index (χ0n) is 9.77. The van der Waals surface area contributed by atoms with Crippen LogP contribution in [0, 0.1) is 6.07 Å². The van der Waals surface area contributed by atoms with E-state index in [4.69, 9.17) is 0 Å². The number of aromatic amines is 1. The van der Waals surface area contributed by atoms with Gasteiger partial charge in [-0.1, -0.05) is 48.5 Å². The van der Waals surface area contributed by atoms with E-state index in [0.29, 0.717) is 0 Å². The van der Waals surface area contributed by atoms with Crippen molar-refractivity contribution in [3.8, 4) is 22.5 Å². The lowest BCUT2D eigenvalue weighted by atomic mass is 10.1. The van der Waals surface area contributed by atoms with Crippen LogP contribution in [-0.2, 0) is 6.42 Å². The Morgan fingerprint density at radius 1 is 1.06 bits per heavy atom. The van der Waals surface area contributed by atoms with E-state index < -0.39 is 0 Å². The summed E-state index contributed by atoms with van der Waals surface area (Å²) in [6.07, 6.45) is 0.958. The van der Waals surface area contributed by atoms with Gasteiger partial charge in [-0.3, -0.25) is 5.10 Å². The van der Waals surface area contributed by atoms with Crippen LogP contribution in [0.3, 0.4) is 0 Å². The average Bonchev–Trinajstić information content (AvgIpc) is 2.98. The van der Waals surface area contributed by atoms with E-state index in [0.717, 1.165) is 23.4 Å². The maximum atomic E-state index is 4.47. The van der Waals surface area contributed by atoms with Gasteiger partial charge in [0.2, 0.25) is 0 Å². The molecule has 0 unspecified atom stereocenters. The second-order valence-corrected chi connectivity index (χ2v) is 4.54. The summed E-state index contributed by atoms with van der Waals surface area (Å²) in [5.74, 6) is 0. The third-order valence-electron chi connectivity index (χ3n) is 3.49. The molecule has 0 bridgehead atoms. The third kappa shape index (κ3) is 1.26. The molecule has 1 aliphatic rings. The van der Waals surface area contributed by atoms with Gasteiger partial charge in [0.25, 0.3) is 0 Å². The van der Waals surface area contributed by atoms with E-state index in [1.54, 1.807) is 0 Å². The molecule has 0 amide bonds. The number of hydrogen-bond acceptors (Lipinski definition) is 1. The molecule has 2 nitrogen and oxygen atoms in total. The first-order valence-electron chi connectivity index (χ1n) is 6.06. The van der Waals surface area contributed by atoms with E-state index in [2.05, 4.69) is 46.6 Å². The van der Waals surface area contributed by atoms with E-state index >= 15 is 0 Å². The summed E-state index contributed by atoms with van der Waals surface area (Å²) in [7, 11) is 0. The molecule has 0 atom stereocenters. The summed E-state index contributed by atoms with van der Waals surface area (Å²) in [6.45, 7) is 0. The van der Waals surface area contributed by atoms with Crippen molar-refractivity contribution >= 4 is 0 Å². The Morgan fingerprint density at radius 3 is 2.83 bits per heavy atom. The molecule has 1 radical (unpaired) electrons. The van der Waals surface area contributed by atoms with Gasteiger partial charge in [0.1, 0.15) is 0 Å². The van der Waals surface area contributed by atoms with Crippen molar-refractivity contribution < 1.29 is 0 Å². The predicted octanol–water partition coefficient (Wildman–Crippen LogP) is 3.45. The van der Waals surface area contributed by atoms with Gasteiger partial charge in [-0.05, 0) is 11.6 Å². The van der Waals surface area contributed by atoms with E-state index in [1.165, 1.54) is 16.7 Å². The molecule has 1 N–H and O–H groups in total. The number of nitrogens with zero attached hydrogens (tertiary/aromatic N) is 1. The van der Waals surface area contributed by atoms with Crippen LogP contribution in [0.15, 0.2) is 48.5 Å². The van der Waals surface area contributed by atoms with Gasteiger partial charge in [0.15, 0.2) is 0 Å². The largest absolute Gasteiger partial charge is 0.277 e. The summed E-state index contributed by atoms with van der Waals surface area (Å²) in [4.78, 5) is 0. The Balaban J connectivity index is 1.91.